The Morgan fingerprint density at radius 1 is 1.28 bits per heavy atom. The number of para-hydroxylation sites is 1. The third-order valence-corrected chi connectivity index (χ3v) is 4.56. The van der Waals surface area contributed by atoms with E-state index in [1.54, 1.807) is 12.1 Å². The highest BCUT2D eigenvalue weighted by Gasteiger charge is 2.15. The summed E-state index contributed by atoms with van der Waals surface area (Å²) in [6, 6.07) is 13.0. The molecule has 2 rings (SSSR count). The fraction of sp³-hybridized carbons (Fsp3) is 0.158. The first kappa shape index (κ1) is 19.2. The van der Waals surface area contributed by atoms with Crippen molar-refractivity contribution >= 4 is 49.5 Å². The molecular weight excluding hydrogens is 448 g/mol. The molecule has 0 atom stereocenters. The third kappa shape index (κ3) is 4.94. The summed E-state index contributed by atoms with van der Waals surface area (Å²) < 4.78 is 7.00. The highest BCUT2D eigenvalue weighted by molar-refractivity contribution is 9.11. The summed E-state index contributed by atoms with van der Waals surface area (Å²) in [6.07, 6.45) is 1.52. The van der Waals surface area contributed by atoms with Gasteiger partial charge in [0.25, 0.3) is 5.91 Å². The normalized spacial score (nSPS) is 10.9. The molecule has 0 fully saturated rings. The van der Waals surface area contributed by atoms with Gasteiger partial charge < -0.3 is 10.1 Å². The van der Waals surface area contributed by atoms with Crippen LogP contribution in [0.15, 0.2) is 50.9 Å². The van der Waals surface area contributed by atoms with Gasteiger partial charge in [0.15, 0.2) is 0 Å². The van der Waals surface area contributed by atoms with Crippen LogP contribution in [0.4, 0.5) is 5.69 Å². The number of rotatable bonds is 5. The van der Waals surface area contributed by atoms with Crippen molar-refractivity contribution in [1.82, 2.24) is 0 Å². The highest BCUT2D eigenvalue weighted by Crippen LogP contribution is 2.32. The predicted molar refractivity (Wildman–Crippen MR) is 106 cm³/mol. The van der Waals surface area contributed by atoms with Gasteiger partial charge in [-0.25, -0.2) is 0 Å². The Hall–Kier alpha value is -2.10. The number of nitrogens with one attached hydrogen (secondary N) is 1. The summed E-state index contributed by atoms with van der Waals surface area (Å²) >= 11 is 6.86. The van der Waals surface area contributed by atoms with Gasteiger partial charge in [0.05, 0.1) is 12.3 Å². The van der Waals surface area contributed by atoms with E-state index in [0.717, 1.165) is 14.5 Å². The average Bonchev–Trinajstić information content (AvgIpc) is 2.57. The molecule has 2 aromatic rings. The topological polar surface area (TPSA) is 62.1 Å². The number of nitrogens with zero attached hydrogens (tertiary/aromatic N) is 1. The van der Waals surface area contributed by atoms with E-state index in [9.17, 15) is 10.1 Å². The summed E-state index contributed by atoms with van der Waals surface area (Å²) in [7, 11) is 0. The minimum absolute atomic E-state index is 0.00784. The molecule has 0 bridgehead atoms. The fourth-order valence-electron chi connectivity index (χ4n) is 2.19. The molecule has 0 saturated carbocycles. The molecule has 0 aliphatic rings. The Morgan fingerprint density at radius 2 is 1.92 bits per heavy atom. The van der Waals surface area contributed by atoms with E-state index >= 15 is 0 Å². The number of anilines is 1. The van der Waals surface area contributed by atoms with E-state index in [1.807, 2.05) is 44.2 Å². The lowest BCUT2D eigenvalue weighted by Gasteiger charge is -2.11. The molecule has 0 unspecified atom stereocenters. The average molecular weight is 464 g/mol. The summed E-state index contributed by atoms with van der Waals surface area (Å²) in [5, 5.41) is 12.2. The Balaban J connectivity index is 2.33. The van der Waals surface area contributed by atoms with Crippen LogP contribution in [0.25, 0.3) is 6.08 Å². The van der Waals surface area contributed by atoms with Gasteiger partial charge >= 0.3 is 0 Å². The van der Waals surface area contributed by atoms with Crippen LogP contribution in [0.1, 0.15) is 18.1 Å². The van der Waals surface area contributed by atoms with Gasteiger partial charge in [0.1, 0.15) is 17.4 Å². The van der Waals surface area contributed by atoms with Crippen molar-refractivity contribution in [3.8, 4) is 11.8 Å². The summed E-state index contributed by atoms with van der Waals surface area (Å²) in [6.45, 7) is 4.33. The minimum Gasteiger partial charge on any atom is -0.493 e. The molecule has 0 heterocycles. The van der Waals surface area contributed by atoms with Crippen molar-refractivity contribution in [3.63, 3.8) is 0 Å². The Labute approximate surface area is 163 Å². The number of carbonyl (C=O) groups is 1. The molecular formula is C19H16Br2N2O2. The lowest BCUT2D eigenvalue weighted by atomic mass is 10.1. The minimum atomic E-state index is -0.487. The number of amides is 1. The maximum Gasteiger partial charge on any atom is 0.266 e. The number of carbonyl (C=O) groups excluding carboxylic acids is 1. The first-order chi connectivity index (χ1) is 12.0. The zero-order valence-electron chi connectivity index (χ0n) is 13.8. The Kier molecular flexibility index (Phi) is 6.80. The molecule has 0 aromatic heterocycles. The molecule has 25 heavy (non-hydrogen) atoms. The number of aryl methyl sites for hydroxylation is 1. The lowest BCUT2D eigenvalue weighted by molar-refractivity contribution is -0.112. The number of hydrogen-bond donors (Lipinski definition) is 1. The van der Waals surface area contributed by atoms with Crippen molar-refractivity contribution in [1.29, 1.82) is 5.26 Å². The standard InChI is InChI=1S/C19H16Br2N2O2/c1-3-25-17-7-5-4-6-13(17)10-14(11-22)19(24)23-18-15(20)8-12(2)9-16(18)21/h4-10H,3H2,1-2H3,(H,23,24)/b14-10+. The first-order valence-electron chi connectivity index (χ1n) is 7.57. The monoisotopic (exact) mass is 462 g/mol. The van der Waals surface area contributed by atoms with Gasteiger partial charge in [0.2, 0.25) is 0 Å². The van der Waals surface area contributed by atoms with Crippen LogP contribution in [0.3, 0.4) is 0 Å². The van der Waals surface area contributed by atoms with Crippen molar-refractivity contribution in [2.45, 2.75) is 13.8 Å². The van der Waals surface area contributed by atoms with E-state index in [1.165, 1.54) is 6.08 Å². The molecule has 0 spiro atoms. The third-order valence-electron chi connectivity index (χ3n) is 3.31. The SMILES string of the molecule is CCOc1ccccc1/C=C(\C#N)C(=O)Nc1c(Br)cc(C)cc1Br. The van der Waals surface area contributed by atoms with Gasteiger partial charge in [-0.1, -0.05) is 18.2 Å². The molecule has 1 amide bonds. The van der Waals surface area contributed by atoms with Crippen LogP contribution < -0.4 is 10.1 Å². The van der Waals surface area contributed by atoms with E-state index in [2.05, 4.69) is 37.2 Å². The van der Waals surface area contributed by atoms with E-state index < -0.39 is 5.91 Å². The van der Waals surface area contributed by atoms with Crippen LogP contribution in [0.5, 0.6) is 5.75 Å². The molecule has 0 saturated heterocycles. The van der Waals surface area contributed by atoms with Crippen molar-refractivity contribution in [2.24, 2.45) is 0 Å². The highest BCUT2D eigenvalue weighted by atomic mass is 79.9. The Bertz CT molecular complexity index is 847. The number of hydrogen-bond acceptors (Lipinski definition) is 3. The van der Waals surface area contributed by atoms with Gasteiger partial charge in [0, 0.05) is 14.5 Å². The van der Waals surface area contributed by atoms with E-state index in [4.69, 9.17) is 4.74 Å². The molecule has 0 radical (unpaired) electrons. The largest absolute Gasteiger partial charge is 0.493 e. The maximum atomic E-state index is 12.5. The van der Waals surface area contributed by atoms with E-state index in [0.29, 0.717) is 23.6 Å². The zero-order valence-corrected chi connectivity index (χ0v) is 16.9. The van der Waals surface area contributed by atoms with Crippen LogP contribution in [-0.4, -0.2) is 12.5 Å². The molecule has 6 heteroatoms. The van der Waals surface area contributed by atoms with Crippen molar-refractivity contribution in [3.05, 3.63) is 62.0 Å². The van der Waals surface area contributed by atoms with Gasteiger partial charge in [-0.3, -0.25) is 4.79 Å². The smallest absolute Gasteiger partial charge is 0.266 e. The molecule has 128 valence electrons. The van der Waals surface area contributed by atoms with Crippen molar-refractivity contribution in [2.75, 3.05) is 11.9 Å². The summed E-state index contributed by atoms with van der Waals surface area (Å²) in [5.41, 5.74) is 2.29. The number of ether oxygens (including phenoxy) is 1. The van der Waals surface area contributed by atoms with Gasteiger partial charge in [-0.2, -0.15) is 5.26 Å². The van der Waals surface area contributed by atoms with Crippen LogP contribution in [0.2, 0.25) is 0 Å². The second-order valence-electron chi connectivity index (χ2n) is 5.20. The summed E-state index contributed by atoms with van der Waals surface area (Å²) in [5.74, 6) is 0.141. The number of halogens is 2. The second kappa shape index (κ2) is 8.84. The molecule has 2 aromatic carbocycles. The number of nitriles is 1. The maximum absolute atomic E-state index is 12.5. The Morgan fingerprint density at radius 3 is 2.52 bits per heavy atom. The molecule has 4 nitrogen and oxygen atoms in total. The summed E-state index contributed by atoms with van der Waals surface area (Å²) in [4.78, 5) is 12.5. The molecule has 1 N–H and O–H groups in total. The van der Waals surface area contributed by atoms with Gasteiger partial charge in [-0.15, -0.1) is 0 Å². The first-order valence-corrected chi connectivity index (χ1v) is 9.15. The molecule has 0 aliphatic carbocycles. The van der Waals surface area contributed by atoms with Crippen LogP contribution in [0, 0.1) is 18.3 Å². The predicted octanol–water partition coefficient (Wildman–Crippen LogP) is 5.46. The van der Waals surface area contributed by atoms with Gasteiger partial charge in [-0.05, 0) is 75.5 Å². The number of benzene rings is 2. The zero-order chi connectivity index (χ0) is 18.4. The molecule has 0 aliphatic heterocycles. The quantitative estimate of drug-likeness (QED) is 0.472. The second-order valence-corrected chi connectivity index (χ2v) is 6.91. The lowest BCUT2D eigenvalue weighted by Crippen LogP contribution is -2.14. The van der Waals surface area contributed by atoms with Crippen LogP contribution in [-0.2, 0) is 4.79 Å². The van der Waals surface area contributed by atoms with E-state index in [-0.39, 0.29) is 5.57 Å². The fourth-order valence-corrected chi connectivity index (χ4v) is 3.80. The van der Waals surface area contributed by atoms with Crippen LogP contribution >= 0.6 is 31.9 Å². The van der Waals surface area contributed by atoms with Crippen molar-refractivity contribution < 1.29 is 9.53 Å².